The zero-order valence-corrected chi connectivity index (χ0v) is 16.7. The molecule has 0 bridgehead atoms. The highest BCUT2D eigenvalue weighted by Crippen LogP contribution is 2.39. The zero-order chi connectivity index (χ0) is 19.7. The molecule has 0 radical (unpaired) electrons. The molecule has 28 heavy (non-hydrogen) atoms. The van der Waals surface area contributed by atoms with Crippen molar-refractivity contribution < 1.29 is 5.11 Å². The van der Waals surface area contributed by atoms with Gasteiger partial charge < -0.3 is 5.11 Å². The van der Waals surface area contributed by atoms with Gasteiger partial charge in [-0.15, -0.1) is 0 Å². The van der Waals surface area contributed by atoms with Crippen molar-refractivity contribution in [2.24, 2.45) is 0 Å². The Kier molecular flexibility index (Phi) is 5.21. The number of pyridine rings is 2. The van der Waals surface area contributed by atoms with E-state index in [-0.39, 0.29) is 11.7 Å². The van der Waals surface area contributed by atoms with Crippen molar-refractivity contribution in [3.05, 3.63) is 99.4 Å². The first-order valence-electron chi connectivity index (χ1n) is 8.96. The molecule has 3 nitrogen and oxygen atoms in total. The summed E-state index contributed by atoms with van der Waals surface area (Å²) in [5.41, 5.74) is 4.14. The highest BCUT2D eigenvalue weighted by molar-refractivity contribution is 6.31. The van der Waals surface area contributed by atoms with Gasteiger partial charge in [-0.25, -0.2) is 0 Å². The summed E-state index contributed by atoms with van der Waals surface area (Å²) in [6.07, 6.45) is 3.92. The second-order valence-corrected chi connectivity index (χ2v) is 7.60. The third-order valence-corrected chi connectivity index (χ3v) is 5.69. The number of aromatic nitrogens is 2. The Labute approximate surface area is 173 Å². The monoisotopic (exact) mass is 408 g/mol. The molecule has 2 heterocycles. The van der Waals surface area contributed by atoms with Crippen molar-refractivity contribution in [1.29, 1.82) is 0 Å². The summed E-state index contributed by atoms with van der Waals surface area (Å²) in [6, 6.07) is 17.4. The van der Waals surface area contributed by atoms with Gasteiger partial charge in [0.25, 0.3) is 0 Å². The number of phenolic OH excluding ortho intramolecular Hbond substituents is 1. The number of aromatic hydroxyl groups is 1. The summed E-state index contributed by atoms with van der Waals surface area (Å²) >= 11 is 12.7. The van der Waals surface area contributed by atoms with Gasteiger partial charge in [-0.3, -0.25) is 9.97 Å². The average molecular weight is 409 g/mol. The zero-order valence-electron chi connectivity index (χ0n) is 15.2. The van der Waals surface area contributed by atoms with Crippen LogP contribution in [0.3, 0.4) is 0 Å². The topological polar surface area (TPSA) is 46.0 Å². The lowest BCUT2D eigenvalue weighted by atomic mass is 9.86. The Balaban J connectivity index is 1.87. The van der Waals surface area contributed by atoms with Crippen molar-refractivity contribution >= 4 is 34.1 Å². The number of phenols is 1. The van der Waals surface area contributed by atoms with E-state index in [4.69, 9.17) is 23.2 Å². The molecule has 2 aromatic carbocycles. The molecule has 1 atom stereocenters. The van der Waals surface area contributed by atoms with Crippen molar-refractivity contribution in [3.8, 4) is 5.75 Å². The molecule has 0 saturated carbocycles. The number of nitrogens with zero attached hydrogens (tertiary/aromatic N) is 2. The standard InChI is InChI=1S/C23H18Cl2N2O/c1-14-11-16(27-13-21(14)25)12-19(17-6-2-3-7-20(17)24)18-9-8-15-5-4-10-26-22(15)23(18)28/h2-11,13,19,28H,12H2,1H3. The predicted molar refractivity (Wildman–Crippen MR) is 114 cm³/mol. The van der Waals surface area contributed by atoms with E-state index >= 15 is 0 Å². The van der Waals surface area contributed by atoms with Crippen LogP contribution in [0.25, 0.3) is 10.9 Å². The molecule has 4 aromatic rings. The maximum Gasteiger partial charge on any atom is 0.145 e. The fraction of sp³-hybridized carbons (Fsp3) is 0.130. The lowest BCUT2D eigenvalue weighted by Gasteiger charge is -2.21. The van der Waals surface area contributed by atoms with E-state index in [0.29, 0.717) is 22.0 Å². The molecule has 1 N–H and O–H groups in total. The number of fused-ring (bicyclic) bond motifs is 1. The minimum atomic E-state index is -0.173. The van der Waals surface area contributed by atoms with E-state index in [1.807, 2.05) is 61.5 Å². The molecule has 0 aliphatic carbocycles. The van der Waals surface area contributed by atoms with Gasteiger partial charge >= 0.3 is 0 Å². The van der Waals surface area contributed by atoms with Crippen LogP contribution in [-0.2, 0) is 6.42 Å². The van der Waals surface area contributed by atoms with Crippen LogP contribution in [0.1, 0.15) is 28.3 Å². The molecule has 0 aliphatic rings. The maximum atomic E-state index is 11.0. The Bertz CT molecular complexity index is 1160. The quantitative estimate of drug-likeness (QED) is 0.429. The molecule has 0 amide bonds. The molecule has 5 heteroatoms. The first-order valence-corrected chi connectivity index (χ1v) is 9.72. The van der Waals surface area contributed by atoms with Crippen LogP contribution < -0.4 is 0 Å². The van der Waals surface area contributed by atoms with Crippen LogP contribution in [0.5, 0.6) is 5.75 Å². The normalized spacial score (nSPS) is 12.2. The van der Waals surface area contributed by atoms with Gasteiger partial charge in [0.05, 0.1) is 5.02 Å². The maximum absolute atomic E-state index is 11.0. The smallest absolute Gasteiger partial charge is 0.145 e. The molecule has 1 unspecified atom stereocenters. The van der Waals surface area contributed by atoms with Gasteiger partial charge in [0.15, 0.2) is 0 Å². The summed E-state index contributed by atoms with van der Waals surface area (Å²) in [7, 11) is 0. The minimum absolute atomic E-state index is 0.173. The van der Waals surface area contributed by atoms with Crippen LogP contribution >= 0.6 is 23.2 Å². The number of aryl methyl sites for hydroxylation is 1. The minimum Gasteiger partial charge on any atom is -0.505 e. The number of rotatable bonds is 4. The molecule has 0 fully saturated rings. The number of hydrogen-bond acceptors (Lipinski definition) is 3. The second kappa shape index (κ2) is 7.78. The van der Waals surface area contributed by atoms with Gasteiger partial charge in [-0.1, -0.05) is 59.6 Å². The van der Waals surface area contributed by atoms with Crippen molar-refractivity contribution in [3.63, 3.8) is 0 Å². The van der Waals surface area contributed by atoms with Crippen LogP contribution in [0.15, 0.2) is 67.0 Å². The average Bonchev–Trinajstić information content (AvgIpc) is 2.70. The summed E-state index contributed by atoms with van der Waals surface area (Å²) in [5.74, 6) is 0.00175. The summed E-state index contributed by atoms with van der Waals surface area (Å²) in [5, 5.41) is 13.2. The molecule has 2 aromatic heterocycles. The van der Waals surface area contributed by atoms with Crippen LogP contribution in [0.4, 0.5) is 0 Å². The van der Waals surface area contributed by atoms with E-state index < -0.39 is 0 Å². The first-order chi connectivity index (χ1) is 13.5. The Morgan fingerprint density at radius 2 is 1.75 bits per heavy atom. The fourth-order valence-corrected chi connectivity index (χ4v) is 3.86. The van der Waals surface area contributed by atoms with Crippen molar-refractivity contribution in [2.75, 3.05) is 0 Å². The van der Waals surface area contributed by atoms with Crippen molar-refractivity contribution in [1.82, 2.24) is 9.97 Å². The molecular formula is C23H18Cl2N2O. The van der Waals surface area contributed by atoms with E-state index in [9.17, 15) is 5.11 Å². The van der Waals surface area contributed by atoms with Gasteiger partial charge in [-0.05, 0) is 36.2 Å². The van der Waals surface area contributed by atoms with E-state index in [0.717, 1.165) is 27.8 Å². The summed E-state index contributed by atoms with van der Waals surface area (Å²) in [6.45, 7) is 1.95. The Hall–Kier alpha value is -2.62. The van der Waals surface area contributed by atoms with Gasteiger partial charge in [0.1, 0.15) is 11.3 Å². The van der Waals surface area contributed by atoms with Crippen molar-refractivity contribution in [2.45, 2.75) is 19.3 Å². The highest BCUT2D eigenvalue weighted by Gasteiger charge is 2.23. The molecular weight excluding hydrogens is 391 g/mol. The Morgan fingerprint density at radius 3 is 2.54 bits per heavy atom. The second-order valence-electron chi connectivity index (χ2n) is 6.78. The molecule has 0 saturated heterocycles. The lowest BCUT2D eigenvalue weighted by Crippen LogP contribution is -2.08. The van der Waals surface area contributed by atoms with E-state index in [1.165, 1.54) is 0 Å². The van der Waals surface area contributed by atoms with E-state index in [1.54, 1.807) is 12.4 Å². The third kappa shape index (κ3) is 3.56. The van der Waals surface area contributed by atoms with Gasteiger partial charge in [0.2, 0.25) is 0 Å². The van der Waals surface area contributed by atoms with Gasteiger partial charge in [0, 0.05) is 46.4 Å². The van der Waals surface area contributed by atoms with Gasteiger partial charge in [-0.2, -0.15) is 0 Å². The molecule has 0 aliphatic heterocycles. The molecule has 4 rings (SSSR count). The summed E-state index contributed by atoms with van der Waals surface area (Å²) in [4.78, 5) is 8.84. The number of halogens is 2. The first kappa shape index (κ1) is 18.7. The number of benzene rings is 2. The lowest BCUT2D eigenvalue weighted by molar-refractivity contribution is 0.469. The molecule has 140 valence electrons. The van der Waals surface area contributed by atoms with Crippen LogP contribution in [-0.4, -0.2) is 15.1 Å². The SMILES string of the molecule is Cc1cc(CC(c2ccccc2Cl)c2ccc3cccnc3c2O)ncc1Cl. The fourth-order valence-electron chi connectivity index (χ4n) is 3.49. The van der Waals surface area contributed by atoms with E-state index in [2.05, 4.69) is 9.97 Å². The third-order valence-electron chi connectivity index (χ3n) is 4.95. The Morgan fingerprint density at radius 1 is 0.929 bits per heavy atom. The summed E-state index contributed by atoms with van der Waals surface area (Å²) < 4.78 is 0. The highest BCUT2D eigenvalue weighted by atomic mass is 35.5. The van der Waals surface area contributed by atoms with Crippen LogP contribution in [0, 0.1) is 6.92 Å². The molecule has 0 spiro atoms. The largest absolute Gasteiger partial charge is 0.505 e. The van der Waals surface area contributed by atoms with Crippen LogP contribution in [0.2, 0.25) is 10.0 Å². The number of hydrogen-bond donors (Lipinski definition) is 1. The predicted octanol–water partition coefficient (Wildman–Crippen LogP) is 6.33.